The number of thiophene rings is 2. The van der Waals surface area contributed by atoms with E-state index in [1.165, 1.54) is 36.9 Å². The third-order valence-electron chi connectivity index (χ3n) is 5.30. The van der Waals surface area contributed by atoms with Crippen molar-refractivity contribution >= 4 is 60.3 Å². The first kappa shape index (κ1) is 16.7. The molecule has 0 bridgehead atoms. The molecule has 1 aliphatic rings. The maximum atomic E-state index is 11.8. The Kier molecular flexibility index (Phi) is 4.10. The van der Waals surface area contributed by atoms with Gasteiger partial charge in [0.25, 0.3) is 0 Å². The summed E-state index contributed by atoms with van der Waals surface area (Å²) in [6.45, 7) is 0. The Bertz CT molecular complexity index is 1210. The molecule has 1 aliphatic carbocycles. The Balaban J connectivity index is 1.84. The number of allylic oxidation sites excluding steroid dienone is 2. The zero-order chi connectivity index (χ0) is 18.4. The predicted octanol–water partition coefficient (Wildman–Crippen LogP) is 7.03. The van der Waals surface area contributed by atoms with Crippen molar-refractivity contribution < 1.29 is 9.53 Å². The van der Waals surface area contributed by atoms with Gasteiger partial charge in [0, 0.05) is 31.3 Å². The molecule has 4 heteroatoms. The van der Waals surface area contributed by atoms with Crippen LogP contribution in [-0.4, -0.2) is 13.4 Å². The van der Waals surface area contributed by atoms with Crippen molar-refractivity contribution in [1.29, 1.82) is 0 Å². The van der Waals surface area contributed by atoms with E-state index in [0.29, 0.717) is 0 Å². The third-order valence-corrected chi connectivity index (χ3v) is 7.53. The predicted molar refractivity (Wildman–Crippen MR) is 116 cm³/mol. The molecule has 0 amide bonds. The zero-order valence-corrected chi connectivity index (χ0v) is 16.6. The fourth-order valence-corrected chi connectivity index (χ4v) is 6.30. The molecule has 5 rings (SSSR count). The van der Waals surface area contributed by atoms with Crippen molar-refractivity contribution in [2.24, 2.45) is 0 Å². The normalized spacial score (nSPS) is 14.4. The fraction of sp³-hybridized carbons (Fsp3) is 0.174. The van der Waals surface area contributed by atoms with Gasteiger partial charge in [-0.15, -0.1) is 11.3 Å². The SMILES string of the molecule is COc1sc2ccccc2c1C1=C(c2c(C=O)sc3ccccc23)CCC1. The highest BCUT2D eigenvalue weighted by Gasteiger charge is 2.27. The monoisotopic (exact) mass is 390 g/mol. The molecule has 2 heterocycles. The first-order chi connectivity index (χ1) is 13.3. The Labute approximate surface area is 165 Å². The minimum atomic E-state index is 0.837. The van der Waals surface area contributed by atoms with Gasteiger partial charge in [-0.2, -0.15) is 0 Å². The smallest absolute Gasteiger partial charge is 0.182 e. The zero-order valence-electron chi connectivity index (χ0n) is 15.0. The van der Waals surface area contributed by atoms with Gasteiger partial charge in [0.05, 0.1) is 12.0 Å². The summed E-state index contributed by atoms with van der Waals surface area (Å²) in [5, 5.41) is 3.41. The lowest BCUT2D eigenvalue weighted by Crippen LogP contribution is -1.91. The Hall–Kier alpha value is -2.43. The second-order valence-corrected chi connectivity index (χ2v) is 8.83. The Morgan fingerprint density at radius 2 is 1.44 bits per heavy atom. The van der Waals surface area contributed by atoms with Gasteiger partial charge in [-0.25, -0.2) is 0 Å². The van der Waals surface area contributed by atoms with Gasteiger partial charge in [-0.3, -0.25) is 4.79 Å². The van der Waals surface area contributed by atoms with Crippen LogP contribution < -0.4 is 4.74 Å². The van der Waals surface area contributed by atoms with E-state index in [4.69, 9.17) is 4.74 Å². The van der Waals surface area contributed by atoms with Crippen LogP contribution in [0.5, 0.6) is 5.06 Å². The molecule has 0 saturated heterocycles. The summed E-state index contributed by atoms with van der Waals surface area (Å²) in [5.41, 5.74) is 5.01. The number of fused-ring (bicyclic) bond motifs is 2. The summed E-state index contributed by atoms with van der Waals surface area (Å²) in [7, 11) is 1.75. The molecule has 0 radical (unpaired) electrons. The molecule has 0 saturated carbocycles. The molecule has 2 aromatic carbocycles. The second-order valence-electron chi connectivity index (χ2n) is 6.73. The van der Waals surface area contributed by atoms with Crippen LogP contribution in [-0.2, 0) is 0 Å². The van der Waals surface area contributed by atoms with Crippen LogP contribution in [0, 0.1) is 0 Å². The summed E-state index contributed by atoms with van der Waals surface area (Å²) in [6, 6.07) is 16.8. The van der Waals surface area contributed by atoms with Gasteiger partial charge >= 0.3 is 0 Å². The maximum Gasteiger partial charge on any atom is 0.182 e. The molecule has 27 heavy (non-hydrogen) atoms. The molecule has 0 N–H and O–H groups in total. The molecule has 134 valence electrons. The first-order valence-corrected chi connectivity index (χ1v) is 10.7. The molecule has 0 atom stereocenters. The van der Waals surface area contributed by atoms with Gasteiger partial charge in [0.15, 0.2) is 11.3 Å². The van der Waals surface area contributed by atoms with Crippen LogP contribution >= 0.6 is 22.7 Å². The van der Waals surface area contributed by atoms with Crippen molar-refractivity contribution in [2.45, 2.75) is 19.3 Å². The Morgan fingerprint density at radius 3 is 2.11 bits per heavy atom. The van der Waals surface area contributed by atoms with Crippen molar-refractivity contribution in [3.63, 3.8) is 0 Å². The van der Waals surface area contributed by atoms with E-state index in [1.54, 1.807) is 29.8 Å². The maximum absolute atomic E-state index is 11.8. The van der Waals surface area contributed by atoms with E-state index in [9.17, 15) is 4.79 Å². The number of rotatable bonds is 4. The fourth-order valence-electron chi connectivity index (χ4n) is 4.21. The van der Waals surface area contributed by atoms with Crippen molar-refractivity contribution in [3.05, 3.63) is 64.5 Å². The molecule has 2 aromatic heterocycles. The van der Waals surface area contributed by atoms with Gasteiger partial charge in [-0.05, 0) is 42.5 Å². The van der Waals surface area contributed by atoms with E-state index in [-0.39, 0.29) is 0 Å². The number of carbonyl (C=O) groups is 1. The quantitative estimate of drug-likeness (QED) is 0.350. The summed E-state index contributed by atoms with van der Waals surface area (Å²) < 4.78 is 8.19. The number of hydrogen-bond acceptors (Lipinski definition) is 4. The molecule has 0 spiro atoms. The van der Waals surface area contributed by atoms with Gasteiger partial charge in [-0.1, -0.05) is 47.7 Å². The highest BCUT2D eigenvalue weighted by molar-refractivity contribution is 7.21. The molecule has 0 aliphatic heterocycles. The first-order valence-electron chi connectivity index (χ1n) is 9.07. The van der Waals surface area contributed by atoms with Crippen LogP contribution in [0.4, 0.5) is 0 Å². The van der Waals surface area contributed by atoms with Crippen LogP contribution in [0.15, 0.2) is 48.5 Å². The molecule has 4 aromatic rings. The summed E-state index contributed by atoms with van der Waals surface area (Å²) in [4.78, 5) is 12.7. The lowest BCUT2D eigenvalue weighted by Gasteiger charge is -2.10. The van der Waals surface area contributed by atoms with Crippen LogP contribution in [0.2, 0.25) is 0 Å². The molecular weight excluding hydrogens is 372 g/mol. The van der Waals surface area contributed by atoms with E-state index in [2.05, 4.69) is 42.5 Å². The lowest BCUT2D eigenvalue weighted by atomic mass is 9.94. The van der Waals surface area contributed by atoms with E-state index >= 15 is 0 Å². The van der Waals surface area contributed by atoms with Gasteiger partial charge < -0.3 is 4.74 Å². The summed E-state index contributed by atoms with van der Waals surface area (Å²) in [6.07, 6.45) is 4.16. The molecule has 2 nitrogen and oxygen atoms in total. The third kappa shape index (κ3) is 2.55. The number of ether oxygens (including phenoxy) is 1. The molecule has 0 fully saturated rings. The summed E-state index contributed by atoms with van der Waals surface area (Å²) >= 11 is 3.29. The topological polar surface area (TPSA) is 26.3 Å². The van der Waals surface area contributed by atoms with E-state index in [0.717, 1.165) is 41.1 Å². The van der Waals surface area contributed by atoms with Crippen LogP contribution in [0.25, 0.3) is 31.3 Å². The van der Waals surface area contributed by atoms with Gasteiger partial charge in [0.1, 0.15) is 0 Å². The van der Waals surface area contributed by atoms with Crippen molar-refractivity contribution in [3.8, 4) is 5.06 Å². The highest BCUT2D eigenvalue weighted by Crippen LogP contribution is 2.51. The van der Waals surface area contributed by atoms with Crippen LogP contribution in [0.3, 0.4) is 0 Å². The average molecular weight is 391 g/mol. The number of methoxy groups -OCH3 is 1. The number of aldehydes is 1. The van der Waals surface area contributed by atoms with Crippen molar-refractivity contribution in [1.82, 2.24) is 0 Å². The largest absolute Gasteiger partial charge is 0.487 e. The molecule has 0 unspecified atom stereocenters. The minimum Gasteiger partial charge on any atom is -0.487 e. The van der Waals surface area contributed by atoms with Gasteiger partial charge in [0.2, 0.25) is 0 Å². The molecular formula is C23H18O2S2. The van der Waals surface area contributed by atoms with Crippen LogP contribution in [0.1, 0.15) is 40.1 Å². The van der Waals surface area contributed by atoms with Crippen molar-refractivity contribution in [2.75, 3.05) is 7.11 Å². The number of carbonyl (C=O) groups excluding carboxylic acids is 1. The minimum absolute atomic E-state index is 0.837. The second kappa shape index (κ2) is 6.63. The standard InChI is InChI=1S/C23H18O2S2/c1-25-23-22(17-8-3-5-12-19(17)27-23)15-10-6-9-14(15)21-16-7-2-4-11-18(16)26-20(21)13-24/h2-5,7-8,11-13H,6,9-10H2,1H3. The number of hydrogen-bond donors (Lipinski definition) is 0. The summed E-state index contributed by atoms with van der Waals surface area (Å²) in [5.74, 6) is 0. The van der Waals surface area contributed by atoms with E-state index in [1.807, 2.05) is 6.07 Å². The highest BCUT2D eigenvalue weighted by atomic mass is 32.1. The van der Waals surface area contributed by atoms with E-state index < -0.39 is 0 Å². The number of benzene rings is 2. The average Bonchev–Trinajstić information content (AvgIpc) is 3.40. The Morgan fingerprint density at radius 1 is 0.852 bits per heavy atom. The lowest BCUT2D eigenvalue weighted by molar-refractivity contribution is 0.112.